The molecule has 0 aliphatic rings. The summed E-state index contributed by atoms with van der Waals surface area (Å²) in [7, 11) is 1.59. The second-order valence-corrected chi connectivity index (χ2v) is 5.16. The fourth-order valence-electron chi connectivity index (χ4n) is 2.26. The third-order valence-corrected chi connectivity index (χ3v) is 3.78. The lowest BCUT2D eigenvalue weighted by atomic mass is 10.0. The molecule has 1 aromatic carbocycles. The molecule has 3 aromatic rings. The molecule has 0 atom stereocenters. The number of hydrogen-bond acceptors (Lipinski definition) is 6. The zero-order valence-electron chi connectivity index (χ0n) is 12.5. The molecular weight excluding hydrogens is 308 g/mol. The standard InChI is InChI=1S/C17H16N4OS/c1-22-16-7-4-12(9-19-16)15-8-13(10-20-17(15)18)11-2-5-14(21-23)6-3-11/h2-10,21,23H,1H3,(H2,18,20). The minimum Gasteiger partial charge on any atom is -0.481 e. The van der Waals surface area contributed by atoms with Crippen molar-refractivity contribution in [2.75, 3.05) is 17.6 Å². The van der Waals surface area contributed by atoms with Gasteiger partial charge in [0.15, 0.2) is 0 Å². The van der Waals surface area contributed by atoms with Crippen molar-refractivity contribution in [2.24, 2.45) is 0 Å². The van der Waals surface area contributed by atoms with Crippen molar-refractivity contribution in [1.82, 2.24) is 9.97 Å². The van der Waals surface area contributed by atoms with Crippen LogP contribution in [0.25, 0.3) is 22.3 Å². The molecule has 0 amide bonds. The van der Waals surface area contributed by atoms with E-state index in [0.29, 0.717) is 11.7 Å². The highest BCUT2D eigenvalue weighted by atomic mass is 32.1. The minimum atomic E-state index is 0.467. The van der Waals surface area contributed by atoms with Crippen LogP contribution in [0.3, 0.4) is 0 Å². The molecule has 0 aliphatic carbocycles. The second-order valence-electron chi connectivity index (χ2n) is 4.94. The van der Waals surface area contributed by atoms with E-state index in [1.54, 1.807) is 25.6 Å². The van der Waals surface area contributed by atoms with Gasteiger partial charge in [-0.15, -0.1) is 0 Å². The van der Waals surface area contributed by atoms with Crippen molar-refractivity contribution < 1.29 is 4.74 Å². The van der Waals surface area contributed by atoms with E-state index in [1.807, 2.05) is 36.4 Å². The Bertz CT molecular complexity index is 804. The molecule has 5 nitrogen and oxygen atoms in total. The second kappa shape index (κ2) is 6.58. The summed E-state index contributed by atoms with van der Waals surface area (Å²) in [6.45, 7) is 0. The van der Waals surface area contributed by atoms with E-state index in [9.17, 15) is 0 Å². The fourth-order valence-corrected chi connectivity index (χ4v) is 2.41. The number of benzene rings is 1. The molecule has 3 N–H and O–H groups in total. The number of pyridine rings is 2. The van der Waals surface area contributed by atoms with Gasteiger partial charge >= 0.3 is 0 Å². The van der Waals surface area contributed by atoms with Crippen LogP contribution in [0, 0.1) is 0 Å². The molecule has 2 heterocycles. The van der Waals surface area contributed by atoms with Gasteiger partial charge in [-0.3, -0.25) is 0 Å². The van der Waals surface area contributed by atoms with E-state index in [0.717, 1.165) is 27.9 Å². The van der Waals surface area contributed by atoms with Crippen molar-refractivity contribution in [3.63, 3.8) is 0 Å². The quantitative estimate of drug-likeness (QED) is 0.639. The summed E-state index contributed by atoms with van der Waals surface area (Å²) in [5, 5.41) is 0. The SMILES string of the molecule is COc1ccc(-c2cc(-c3ccc(NS)cc3)cnc2N)cn1. The van der Waals surface area contributed by atoms with Crippen LogP contribution in [-0.4, -0.2) is 17.1 Å². The third kappa shape index (κ3) is 3.22. The molecule has 3 rings (SSSR count). The van der Waals surface area contributed by atoms with Gasteiger partial charge in [-0.25, -0.2) is 9.97 Å². The first-order valence-corrected chi connectivity index (χ1v) is 7.42. The van der Waals surface area contributed by atoms with Crippen LogP contribution in [0.1, 0.15) is 0 Å². The fraction of sp³-hybridized carbons (Fsp3) is 0.0588. The van der Waals surface area contributed by atoms with Crippen LogP contribution in [0.15, 0.2) is 54.9 Å². The van der Waals surface area contributed by atoms with Crippen molar-refractivity contribution in [1.29, 1.82) is 0 Å². The Labute approximate surface area is 140 Å². The number of nitrogens with one attached hydrogen (secondary N) is 1. The average Bonchev–Trinajstić information content (AvgIpc) is 2.62. The number of nitrogens with two attached hydrogens (primary N) is 1. The van der Waals surface area contributed by atoms with Crippen molar-refractivity contribution in [3.05, 3.63) is 54.9 Å². The van der Waals surface area contributed by atoms with E-state index in [2.05, 4.69) is 27.5 Å². The summed E-state index contributed by atoms with van der Waals surface area (Å²) in [4.78, 5) is 8.52. The highest BCUT2D eigenvalue weighted by Crippen LogP contribution is 2.30. The van der Waals surface area contributed by atoms with E-state index in [-0.39, 0.29) is 0 Å². The molecule has 0 aliphatic heterocycles. The number of aromatic nitrogens is 2. The smallest absolute Gasteiger partial charge is 0.212 e. The van der Waals surface area contributed by atoms with Crippen LogP contribution >= 0.6 is 12.8 Å². The van der Waals surface area contributed by atoms with E-state index < -0.39 is 0 Å². The molecule has 0 fully saturated rings. The predicted molar refractivity (Wildman–Crippen MR) is 96.5 cm³/mol. The number of ether oxygens (including phenoxy) is 1. The summed E-state index contributed by atoms with van der Waals surface area (Å²) in [5.74, 6) is 1.03. The topological polar surface area (TPSA) is 73.1 Å². The average molecular weight is 324 g/mol. The lowest BCUT2D eigenvalue weighted by Crippen LogP contribution is -1.96. The summed E-state index contributed by atoms with van der Waals surface area (Å²) in [5.41, 5.74) is 10.7. The first-order valence-electron chi connectivity index (χ1n) is 6.98. The van der Waals surface area contributed by atoms with Gasteiger partial charge in [0.2, 0.25) is 5.88 Å². The van der Waals surface area contributed by atoms with Gasteiger partial charge < -0.3 is 15.2 Å². The minimum absolute atomic E-state index is 0.467. The Hall–Kier alpha value is -2.73. The number of rotatable bonds is 4. The summed E-state index contributed by atoms with van der Waals surface area (Å²) in [6, 6.07) is 13.6. The van der Waals surface area contributed by atoms with E-state index in [1.165, 1.54) is 0 Å². The highest BCUT2D eigenvalue weighted by Gasteiger charge is 2.08. The van der Waals surface area contributed by atoms with Gasteiger partial charge in [0.1, 0.15) is 5.82 Å². The Kier molecular flexibility index (Phi) is 4.34. The number of anilines is 2. The van der Waals surface area contributed by atoms with Crippen LogP contribution < -0.4 is 15.2 Å². The summed E-state index contributed by atoms with van der Waals surface area (Å²) >= 11 is 4.03. The molecule has 2 aromatic heterocycles. The number of thiol groups is 1. The van der Waals surface area contributed by atoms with Crippen molar-refractivity contribution in [2.45, 2.75) is 0 Å². The molecular formula is C17H16N4OS. The van der Waals surface area contributed by atoms with E-state index >= 15 is 0 Å². The van der Waals surface area contributed by atoms with Crippen molar-refractivity contribution >= 4 is 24.3 Å². The van der Waals surface area contributed by atoms with Crippen LogP contribution in [0.4, 0.5) is 11.5 Å². The van der Waals surface area contributed by atoms with Crippen LogP contribution in [-0.2, 0) is 0 Å². The Morgan fingerprint density at radius 1 is 0.957 bits per heavy atom. The predicted octanol–water partition coefficient (Wildman–Crippen LogP) is 3.66. The number of hydrogen-bond donors (Lipinski definition) is 3. The largest absolute Gasteiger partial charge is 0.481 e. The van der Waals surface area contributed by atoms with Gasteiger partial charge in [-0.1, -0.05) is 24.9 Å². The summed E-state index contributed by atoms with van der Waals surface area (Å²) in [6.07, 6.45) is 3.49. The molecule has 6 heteroatoms. The maximum Gasteiger partial charge on any atom is 0.212 e. The molecule has 0 radical (unpaired) electrons. The maximum absolute atomic E-state index is 6.03. The van der Waals surface area contributed by atoms with Gasteiger partial charge in [0.25, 0.3) is 0 Å². The molecule has 116 valence electrons. The monoisotopic (exact) mass is 324 g/mol. The lowest BCUT2D eigenvalue weighted by Gasteiger charge is -2.09. The normalized spacial score (nSPS) is 10.3. The third-order valence-electron chi connectivity index (χ3n) is 3.52. The molecule has 0 unspecified atom stereocenters. The van der Waals surface area contributed by atoms with Gasteiger partial charge in [-0.2, -0.15) is 0 Å². The molecule has 0 bridgehead atoms. The van der Waals surface area contributed by atoms with Gasteiger partial charge in [0.05, 0.1) is 7.11 Å². The first kappa shape index (κ1) is 15.2. The van der Waals surface area contributed by atoms with Crippen molar-refractivity contribution in [3.8, 4) is 28.1 Å². The zero-order valence-corrected chi connectivity index (χ0v) is 13.4. The lowest BCUT2D eigenvalue weighted by molar-refractivity contribution is 0.398. The van der Waals surface area contributed by atoms with Gasteiger partial charge in [-0.05, 0) is 29.8 Å². The molecule has 0 saturated carbocycles. The Balaban J connectivity index is 2.00. The highest BCUT2D eigenvalue weighted by molar-refractivity contribution is 7.81. The molecule has 0 saturated heterocycles. The molecule has 0 spiro atoms. The molecule has 23 heavy (non-hydrogen) atoms. The van der Waals surface area contributed by atoms with E-state index in [4.69, 9.17) is 10.5 Å². The van der Waals surface area contributed by atoms with Crippen LogP contribution in [0.2, 0.25) is 0 Å². The maximum atomic E-state index is 6.03. The Morgan fingerprint density at radius 3 is 2.26 bits per heavy atom. The summed E-state index contributed by atoms with van der Waals surface area (Å²) < 4.78 is 7.88. The zero-order chi connectivity index (χ0) is 16.2. The van der Waals surface area contributed by atoms with Gasteiger partial charge in [0, 0.05) is 40.8 Å². The number of nitrogens with zero attached hydrogens (tertiary/aromatic N) is 2. The number of methoxy groups -OCH3 is 1. The Morgan fingerprint density at radius 2 is 1.65 bits per heavy atom. The van der Waals surface area contributed by atoms with Crippen LogP contribution in [0.5, 0.6) is 5.88 Å². The first-order chi connectivity index (χ1) is 11.2. The number of nitrogen functional groups attached to an aromatic ring is 1.